The third-order valence-corrected chi connectivity index (χ3v) is 3.00. The van der Waals surface area contributed by atoms with E-state index in [1.54, 1.807) is 0 Å². The van der Waals surface area contributed by atoms with E-state index in [1.807, 2.05) is 39.8 Å². The van der Waals surface area contributed by atoms with Crippen molar-refractivity contribution in [1.29, 1.82) is 0 Å². The van der Waals surface area contributed by atoms with E-state index in [9.17, 15) is 9.59 Å². The van der Waals surface area contributed by atoms with E-state index in [-0.39, 0.29) is 24.1 Å². The molecule has 0 N–H and O–H groups in total. The zero-order valence-electron chi connectivity index (χ0n) is 12.2. The highest BCUT2D eigenvalue weighted by molar-refractivity contribution is 5.82. The molecule has 4 nitrogen and oxygen atoms in total. The Balaban J connectivity index is 2.78. The number of carbonyl (C=O) groups is 2. The van der Waals surface area contributed by atoms with Gasteiger partial charge in [-0.1, -0.05) is 12.2 Å². The van der Waals surface area contributed by atoms with Crippen LogP contribution >= 0.6 is 0 Å². The molecule has 0 heterocycles. The summed E-state index contributed by atoms with van der Waals surface area (Å²) in [4.78, 5) is 24.2. The van der Waals surface area contributed by atoms with E-state index in [1.165, 1.54) is 0 Å². The Labute approximate surface area is 115 Å². The zero-order valence-corrected chi connectivity index (χ0v) is 12.2. The third kappa shape index (κ3) is 5.05. The molecule has 0 fully saturated rings. The van der Waals surface area contributed by atoms with E-state index in [2.05, 4.69) is 0 Å². The van der Waals surface area contributed by atoms with Gasteiger partial charge in [-0.25, -0.2) is 0 Å². The molecule has 1 rings (SSSR count). The van der Waals surface area contributed by atoms with Crippen molar-refractivity contribution >= 4 is 11.9 Å². The number of hydrogen-bond donors (Lipinski definition) is 0. The molecule has 0 aromatic rings. The first-order valence-corrected chi connectivity index (χ1v) is 6.97. The Bertz CT molecular complexity index is 344. The van der Waals surface area contributed by atoms with Gasteiger partial charge in [0.2, 0.25) is 0 Å². The number of allylic oxidation sites excluding steroid dienone is 2. The lowest BCUT2D eigenvalue weighted by atomic mass is 9.87. The van der Waals surface area contributed by atoms with Crippen molar-refractivity contribution in [1.82, 2.24) is 0 Å². The minimum Gasteiger partial charge on any atom is -0.463 e. The molecule has 0 aliphatic heterocycles. The second kappa shape index (κ2) is 7.31. The monoisotopic (exact) mass is 268 g/mol. The van der Waals surface area contributed by atoms with Crippen LogP contribution in [0.5, 0.6) is 0 Å². The van der Waals surface area contributed by atoms with Gasteiger partial charge in [0.15, 0.2) is 0 Å². The molecule has 0 saturated heterocycles. The Morgan fingerprint density at radius 1 is 0.947 bits per heavy atom. The maximum atomic E-state index is 12.1. The van der Waals surface area contributed by atoms with Gasteiger partial charge in [-0.3, -0.25) is 9.59 Å². The topological polar surface area (TPSA) is 52.6 Å². The maximum Gasteiger partial charge on any atom is 0.310 e. The van der Waals surface area contributed by atoms with Gasteiger partial charge in [-0.2, -0.15) is 0 Å². The SMILES string of the molecule is CC(C)OC(=O)C1CC=CCCC1C(=O)OC(C)C. The van der Waals surface area contributed by atoms with Gasteiger partial charge < -0.3 is 9.47 Å². The van der Waals surface area contributed by atoms with Crippen LogP contribution in [-0.2, 0) is 19.1 Å². The molecule has 0 aromatic heterocycles. The summed E-state index contributed by atoms with van der Waals surface area (Å²) in [7, 11) is 0. The largest absolute Gasteiger partial charge is 0.463 e. The molecule has 0 radical (unpaired) electrons. The van der Waals surface area contributed by atoms with Crippen molar-refractivity contribution < 1.29 is 19.1 Å². The highest BCUT2D eigenvalue weighted by Gasteiger charge is 2.36. The molecule has 1 aliphatic carbocycles. The predicted octanol–water partition coefficient (Wildman–Crippen LogP) is 2.86. The summed E-state index contributed by atoms with van der Waals surface area (Å²) >= 11 is 0. The summed E-state index contributed by atoms with van der Waals surface area (Å²) in [5.74, 6) is -1.41. The van der Waals surface area contributed by atoms with E-state index >= 15 is 0 Å². The quantitative estimate of drug-likeness (QED) is 0.581. The van der Waals surface area contributed by atoms with Gasteiger partial charge in [0.1, 0.15) is 0 Å². The van der Waals surface area contributed by atoms with Gasteiger partial charge in [0, 0.05) is 0 Å². The molecule has 0 amide bonds. The van der Waals surface area contributed by atoms with Crippen LogP contribution in [0.4, 0.5) is 0 Å². The first kappa shape index (κ1) is 15.7. The fourth-order valence-corrected chi connectivity index (χ4v) is 2.18. The minimum absolute atomic E-state index is 0.162. The fourth-order valence-electron chi connectivity index (χ4n) is 2.18. The van der Waals surface area contributed by atoms with Crippen molar-refractivity contribution in [2.75, 3.05) is 0 Å². The van der Waals surface area contributed by atoms with Gasteiger partial charge in [-0.15, -0.1) is 0 Å². The number of carbonyl (C=O) groups excluding carboxylic acids is 2. The number of ether oxygens (including phenoxy) is 2. The van der Waals surface area contributed by atoms with Crippen LogP contribution in [-0.4, -0.2) is 24.1 Å². The molecule has 19 heavy (non-hydrogen) atoms. The summed E-state index contributed by atoms with van der Waals surface area (Å²) in [6, 6.07) is 0. The lowest BCUT2D eigenvalue weighted by molar-refractivity contribution is -0.165. The molecule has 1 aliphatic rings. The summed E-state index contributed by atoms with van der Waals surface area (Å²) in [5.41, 5.74) is 0. The van der Waals surface area contributed by atoms with Crippen LogP contribution in [0.25, 0.3) is 0 Å². The molecule has 108 valence electrons. The standard InChI is InChI=1S/C15H24O4/c1-10(2)18-14(16)12-8-6-5-7-9-13(12)15(17)19-11(3)4/h5-6,10-13H,7-9H2,1-4H3. The van der Waals surface area contributed by atoms with Crippen molar-refractivity contribution in [3.05, 3.63) is 12.2 Å². The molecule has 0 bridgehead atoms. The Morgan fingerprint density at radius 2 is 1.47 bits per heavy atom. The first-order chi connectivity index (χ1) is 8.91. The zero-order chi connectivity index (χ0) is 14.4. The third-order valence-electron chi connectivity index (χ3n) is 3.00. The van der Waals surface area contributed by atoms with Crippen LogP contribution in [0.3, 0.4) is 0 Å². The van der Waals surface area contributed by atoms with E-state index in [4.69, 9.17) is 9.47 Å². The molecular weight excluding hydrogens is 244 g/mol. The molecular formula is C15H24O4. The van der Waals surface area contributed by atoms with Crippen molar-refractivity contribution in [2.45, 2.75) is 59.2 Å². The average molecular weight is 268 g/mol. The van der Waals surface area contributed by atoms with Crippen LogP contribution in [0, 0.1) is 11.8 Å². The summed E-state index contributed by atoms with van der Waals surface area (Å²) < 4.78 is 10.5. The molecule has 2 atom stereocenters. The van der Waals surface area contributed by atoms with Crippen molar-refractivity contribution in [3.63, 3.8) is 0 Å². The molecule has 0 saturated carbocycles. The Morgan fingerprint density at radius 3 is 2.00 bits per heavy atom. The minimum atomic E-state index is -0.424. The highest BCUT2D eigenvalue weighted by Crippen LogP contribution is 2.28. The van der Waals surface area contributed by atoms with Crippen molar-refractivity contribution in [3.8, 4) is 0 Å². The van der Waals surface area contributed by atoms with Gasteiger partial charge in [-0.05, 0) is 47.0 Å². The second-order valence-corrected chi connectivity index (χ2v) is 5.47. The Kier molecular flexibility index (Phi) is 6.06. The first-order valence-electron chi connectivity index (χ1n) is 6.97. The predicted molar refractivity (Wildman–Crippen MR) is 72.4 cm³/mol. The van der Waals surface area contributed by atoms with Crippen LogP contribution in [0.2, 0.25) is 0 Å². The average Bonchev–Trinajstić information content (AvgIpc) is 2.51. The highest BCUT2D eigenvalue weighted by atomic mass is 16.5. The summed E-state index contributed by atoms with van der Waals surface area (Å²) in [6.07, 6.45) is 5.62. The number of esters is 2. The normalized spacial score (nSPS) is 23.3. The molecule has 0 aromatic carbocycles. The van der Waals surface area contributed by atoms with E-state index in [0.29, 0.717) is 12.8 Å². The van der Waals surface area contributed by atoms with Gasteiger partial charge in [0.05, 0.1) is 24.0 Å². The molecule has 2 unspecified atom stereocenters. The van der Waals surface area contributed by atoms with Crippen LogP contribution < -0.4 is 0 Å². The van der Waals surface area contributed by atoms with E-state index < -0.39 is 11.8 Å². The van der Waals surface area contributed by atoms with Gasteiger partial charge >= 0.3 is 11.9 Å². The smallest absolute Gasteiger partial charge is 0.310 e. The lowest BCUT2D eigenvalue weighted by Gasteiger charge is -2.23. The maximum absolute atomic E-state index is 12.1. The molecule has 0 spiro atoms. The fraction of sp³-hybridized carbons (Fsp3) is 0.733. The second-order valence-electron chi connectivity index (χ2n) is 5.47. The van der Waals surface area contributed by atoms with Crippen LogP contribution in [0.1, 0.15) is 47.0 Å². The van der Waals surface area contributed by atoms with E-state index in [0.717, 1.165) is 6.42 Å². The number of rotatable bonds is 4. The lowest BCUT2D eigenvalue weighted by Crippen LogP contribution is -2.34. The van der Waals surface area contributed by atoms with Crippen LogP contribution in [0.15, 0.2) is 12.2 Å². The van der Waals surface area contributed by atoms with Gasteiger partial charge in [0.25, 0.3) is 0 Å². The summed E-state index contributed by atoms with van der Waals surface area (Å²) in [6.45, 7) is 7.25. The molecule has 4 heteroatoms. The number of hydrogen-bond acceptors (Lipinski definition) is 4. The Hall–Kier alpha value is -1.32. The van der Waals surface area contributed by atoms with Crippen molar-refractivity contribution in [2.24, 2.45) is 11.8 Å². The summed E-state index contributed by atoms with van der Waals surface area (Å²) in [5, 5.41) is 0.